The molecule has 1 rings (SSSR count). The summed E-state index contributed by atoms with van der Waals surface area (Å²) in [6.45, 7) is 1.82. The first-order chi connectivity index (χ1) is 14.8. The number of hydrogen-bond acceptors (Lipinski definition) is 8. The Bertz CT molecular complexity index is 736. The van der Waals surface area contributed by atoms with Gasteiger partial charge in [-0.05, 0) is 30.0 Å². The number of methoxy groups -OCH3 is 1. The summed E-state index contributed by atoms with van der Waals surface area (Å²) >= 11 is 0. The van der Waals surface area contributed by atoms with Gasteiger partial charge in [0.2, 0.25) is 0 Å². The van der Waals surface area contributed by atoms with E-state index in [4.69, 9.17) is 31.5 Å². The summed E-state index contributed by atoms with van der Waals surface area (Å²) in [5, 5.41) is 24.5. The fourth-order valence-electron chi connectivity index (χ4n) is 2.65. The number of ether oxygens (including phenoxy) is 3. The maximum atomic E-state index is 10.8. The topological polar surface area (TPSA) is 152 Å². The Kier molecular flexibility index (Phi) is 12.7. The van der Waals surface area contributed by atoms with E-state index >= 15 is 0 Å². The number of aromatic hydroxyl groups is 1. The van der Waals surface area contributed by atoms with E-state index in [9.17, 15) is 14.7 Å². The van der Waals surface area contributed by atoms with E-state index in [2.05, 4.69) is 10.6 Å². The number of hydrogen-bond donors (Lipinski definition) is 5. The normalized spacial score (nSPS) is 12.5. The molecule has 0 fully saturated rings. The van der Waals surface area contributed by atoms with Gasteiger partial charge >= 0.3 is 5.97 Å². The minimum Gasteiger partial charge on any atom is -0.506 e. The fourth-order valence-corrected chi connectivity index (χ4v) is 2.65. The number of carboxylic acid groups (broad SMARTS) is 1. The van der Waals surface area contributed by atoms with Gasteiger partial charge < -0.3 is 40.8 Å². The molecule has 0 aliphatic carbocycles. The molecule has 0 spiro atoms. The van der Waals surface area contributed by atoms with Crippen LogP contribution >= 0.6 is 0 Å². The Labute approximate surface area is 182 Å². The highest BCUT2D eigenvalue weighted by atomic mass is 16.5. The second-order valence-electron chi connectivity index (χ2n) is 6.70. The minimum atomic E-state index is -0.954. The highest BCUT2D eigenvalue weighted by Crippen LogP contribution is 2.26. The molecule has 0 radical (unpaired) electrons. The molecule has 0 bridgehead atoms. The molecule has 10 nitrogen and oxygen atoms in total. The first kappa shape index (κ1) is 26.2. The van der Waals surface area contributed by atoms with Crippen LogP contribution in [0.4, 0.5) is 5.69 Å². The largest absolute Gasteiger partial charge is 0.506 e. The van der Waals surface area contributed by atoms with Crippen molar-refractivity contribution in [3.8, 4) is 18.1 Å². The number of nitrogens with one attached hydrogen (secondary N) is 2. The van der Waals surface area contributed by atoms with Crippen molar-refractivity contribution in [3.05, 3.63) is 23.8 Å². The van der Waals surface area contributed by atoms with E-state index < -0.39 is 24.1 Å². The lowest BCUT2D eigenvalue weighted by Gasteiger charge is -2.20. The van der Waals surface area contributed by atoms with Crippen LogP contribution < -0.4 is 16.4 Å². The zero-order valence-corrected chi connectivity index (χ0v) is 17.6. The van der Waals surface area contributed by atoms with Crippen LogP contribution in [-0.2, 0) is 30.2 Å². The SMILES string of the molecule is C#CC(=O)NCCOCCOCCC(Nc1cc(C[C@H](N)CC(=O)O)ccc1O)OC. The van der Waals surface area contributed by atoms with E-state index in [1.54, 1.807) is 12.1 Å². The summed E-state index contributed by atoms with van der Waals surface area (Å²) in [5.41, 5.74) is 7.10. The maximum Gasteiger partial charge on any atom is 0.304 e. The molecule has 10 heteroatoms. The van der Waals surface area contributed by atoms with E-state index in [1.165, 1.54) is 13.2 Å². The summed E-state index contributed by atoms with van der Waals surface area (Å²) in [7, 11) is 1.54. The van der Waals surface area contributed by atoms with Gasteiger partial charge in [0, 0.05) is 26.1 Å². The number of nitrogens with two attached hydrogens (primary N) is 1. The van der Waals surface area contributed by atoms with Gasteiger partial charge in [-0.25, -0.2) is 0 Å². The average molecular weight is 437 g/mol. The summed E-state index contributed by atoms with van der Waals surface area (Å²) in [4.78, 5) is 21.6. The third kappa shape index (κ3) is 11.8. The molecule has 172 valence electrons. The highest BCUT2D eigenvalue weighted by Gasteiger charge is 2.13. The standard InChI is InChI=1S/C21H31N3O7/c1-3-19(26)23-7-9-31-11-10-30-8-6-20(29-2)24-17-13-15(4-5-18(17)25)12-16(22)14-21(27)28/h1,4-5,13,16,20,24-25H,6-12,14,22H2,2H3,(H,23,26)(H,27,28)/t16-,20?/m0/s1. The molecule has 1 aromatic rings. The Hall–Kier alpha value is -2.84. The number of terminal acetylenes is 1. The molecule has 2 atom stereocenters. The summed E-state index contributed by atoms with van der Waals surface area (Å²) < 4.78 is 16.2. The predicted molar refractivity (Wildman–Crippen MR) is 115 cm³/mol. The van der Waals surface area contributed by atoms with Gasteiger partial charge in [-0.2, -0.15) is 0 Å². The first-order valence-electron chi connectivity index (χ1n) is 9.84. The van der Waals surface area contributed by atoms with E-state index in [-0.39, 0.29) is 12.2 Å². The van der Waals surface area contributed by atoms with Gasteiger partial charge in [-0.3, -0.25) is 9.59 Å². The van der Waals surface area contributed by atoms with Crippen LogP contribution in [0, 0.1) is 12.3 Å². The molecule has 1 unspecified atom stereocenters. The second-order valence-corrected chi connectivity index (χ2v) is 6.70. The van der Waals surface area contributed by atoms with Gasteiger partial charge in [0.25, 0.3) is 5.91 Å². The van der Waals surface area contributed by atoms with Crippen LogP contribution in [0.1, 0.15) is 18.4 Å². The number of amides is 1. The van der Waals surface area contributed by atoms with Gasteiger partial charge in [0.05, 0.1) is 38.5 Å². The zero-order valence-electron chi connectivity index (χ0n) is 17.6. The van der Waals surface area contributed by atoms with Crippen LogP contribution in [0.25, 0.3) is 0 Å². The smallest absolute Gasteiger partial charge is 0.304 e. The maximum absolute atomic E-state index is 10.8. The van der Waals surface area contributed by atoms with Gasteiger partial charge in [-0.1, -0.05) is 6.07 Å². The molecule has 0 aliphatic rings. The number of carboxylic acids is 1. The van der Waals surface area contributed by atoms with E-state index in [1.807, 2.05) is 5.92 Å². The Balaban J connectivity index is 2.34. The molecule has 0 aromatic heterocycles. The lowest BCUT2D eigenvalue weighted by molar-refractivity contribution is -0.137. The highest BCUT2D eigenvalue weighted by molar-refractivity contribution is 5.92. The Morgan fingerprint density at radius 1 is 1.23 bits per heavy atom. The predicted octanol–water partition coefficient (Wildman–Crippen LogP) is 0.294. The number of rotatable bonds is 16. The van der Waals surface area contributed by atoms with Crippen molar-refractivity contribution in [2.45, 2.75) is 31.5 Å². The number of phenolic OH excluding ortho intramolecular Hbond substituents is 1. The van der Waals surface area contributed by atoms with Crippen LogP contribution in [0.15, 0.2) is 18.2 Å². The molecule has 0 saturated carbocycles. The van der Waals surface area contributed by atoms with Crippen molar-refractivity contribution >= 4 is 17.6 Å². The second kappa shape index (κ2) is 15.0. The average Bonchev–Trinajstić information content (AvgIpc) is 2.72. The summed E-state index contributed by atoms with van der Waals surface area (Å²) in [5.74, 6) is 0.565. The van der Waals surface area contributed by atoms with Crippen molar-refractivity contribution in [3.63, 3.8) is 0 Å². The Morgan fingerprint density at radius 3 is 2.58 bits per heavy atom. The van der Waals surface area contributed by atoms with Crippen LogP contribution in [0.2, 0.25) is 0 Å². The number of phenols is 1. The van der Waals surface area contributed by atoms with Crippen molar-refractivity contribution in [1.29, 1.82) is 0 Å². The summed E-state index contributed by atoms with van der Waals surface area (Å²) in [6, 6.07) is 4.43. The van der Waals surface area contributed by atoms with Gasteiger partial charge in [-0.15, -0.1) is 6.42 Å². The number of benzene rings is 1. The lowest BCUT2D eigenvalue weighted by atomic mass is 10.0. The zero-order chi connectivity index (χ0) is 23.1. The molecular weight excluding hydrogens is 406 g/mol. The third-order valence-electron chi connectivity index (χ3n) is 4.16. The van der Waals surface area contributed by atoms with E-state index in [0.29, 0.717) is 51.5 Å². The van der Waals surface area contributed by atoms with Crippen molar-refractivity contribution in [2.75, 3.05) is 45.4 Å². The van der Waals surface area contributed by atoms with Crippen molar-refractivity contribution < 1.29 is 34.0 Å². The molecule has 1 amide bonds. The number of anilines is 1. The Morgan fingerprint density at radius 2 is 1.94 bits per heavy atom. The number of carbonyl (C=O) groups is 2. The summed E-state index contributed by atoms with van der Waals surface area (Å²) in [6.07, 6.45) is 5.26. The van der Waals surface area contributed by atoms with Crippen molar-refractivity contribution in [2.24, 2.45) is 5.73 Å². The first-order valence-corrected chi connectivity index (χ1v) is 9.84. The molecule has 6 N–H and O–H groups in total. The molecule has 0 saturated heterocycles. The van der Waals surface area contributed by atoms with Crippen LogP contribution in [0.3, 0.4) is 0 Å². The number of carbonyl (C=O) groups excluding carboxylic acids is 1. The lowest BCUT2D eigenvalue weighted by Crippen LogP contribution is -2.27. The van der Waals surface area contributed by atoms with E-state index in [0.717, 1.165) is 5.56 Å². The number of aliphatic carboxylic acids is 1. The molecule has 0 heterocycles. The fraction of sp³-hybridized carbons (Fsp3) is 0.524. The molecule has 0 aliphatic heterocycles. The van der Waals surface area contributed by atoms with Crippen LogP contribution in [-0.4, -0.2) is 74.4 Å². The molecular formula is C21H31N3O7. The minimum absolute atomic E-state index is 0.0452. The third-order valence-corrected chi connectivity index (χ3v) is 4.16. The molecule has 1 aromatic carbocycles. The van der Waals surface area contributed by atoms with Gasteiger partial charge in [0.15, 0.2) is 0 Å². The monoisotopic (exact) mass is 437 g/mol. The van der Waals surface area contributed by atoms with Crippen LogP contribution in [0.5, 0.6) is 5.75 Å². The van der Waals surface area contributed by atoms with Crippen molar-refractivity contribution in [1.82, 2.24) is 5.32 Å². The molecule has 31 heavy (non-hydrogen) atoms. The van der Waals surface area contributed by atoms with Gasteiger partial charge in [0.1, 0.15) is 12.0 Å². The quantitative estimate of drug-likeness (QED) is 0.106.